The molecule has 1 saturated heterocycles. The Morgan fingerprint density at radius 3 is 2.81 bits per heavy atom. The molecule has 2 aromatic heterocycles. The number of aliphatic imine (C=N–C) groups is 1. The maximum Gasteiger partial charge on any atom is 0.193 e. The number of nitrogens with one attached hydrogen (secondary N) is 1. The van der Waals surface area contributed by atoms with Crippen LogP contribution in [0.25, 0.3) is 5.82 Å². The van der Waals surface area contributed by atoms with Crippen molar-refractivity contribution < 1.29 is 0 Å². The van der Waals surface area contributed by atoms with Crippen LogP contribution < -0.4 is 5.32 Å². The van der Waals surface area contributed by atoms with E-state index in [0.717, 1.165) is 42.8 Å². The number of aromatic nitrogens is 3. The summed E-state index contributed by atoms with van der Waals surface area (Å²) in [7, 11) is 1.87. The molecular formula is C21H32N6. The number of pyridine rings is 1. The molecule has 1 N–H and O–H groups in total. The van der Waals surface area contributed by atoms with E-state index in [1.165, 1.54) is 25.7 Å². The number of nitrogens with zero attached hydrogens (tertiary/aromatic N) is 5. The highest BCUT2D eigenvalue weighted by Gasteiger charge is 2.31. The van der Waals surface area contributed by atoms with Gasteiger partial charge in [0, 0.05) is 45.3 Å². The first kappa shape index (κ1) is 19.4. The fraction of sp³-hybridized carbons (Fsp3) is 0.571. The van der Waals surface area contributed by atoms with Gasteiger partial charge in [-0.2, -0.15) is 0 Å². The monoisotopic (exact) mass is 368 g/mol. The maximum absolute atomic E-state index is 4.58. The highest BCUT2D eigenvalue weighted by molar-refractivity contribution is 5.80. The van der Waals surface area contributed by atoms with E-state index in [2.05, 4.69) is 45.1 Å². The number of imidazole rings is 1. The summed E-state index contributed by atoms with van der Waals surface area (Å²) < 4.78 is 1.98. The lowest BCUT2D eigenvalue weighted by atomic mass is 9.78. The minimum atomic E-state index is 0.399. The Morgan fingerprint density at radius 1 is 1.33 bits per heavy atom. The summed E-state index contributed by atoms with van der Waals surface area (Å²) in [6.45, 7) is 9.56. The topological polar surface area (TPSA) is 58.3 Å². The summed E-state index contributed by atoms with van der Waals surface area (Å²) in [5.74, 6) is 2.82. The number of likely N-dealkylation sites (tertiary alicyclic amines) is 1. The SMILES string of the molecule is CCCC1(C)CCCN(C(=NC)NCc2ccc(-n3ccnc3C)nc2)C1. The molecule has 0 spiro atoms. The summed E-state index contributed by atoms with van der Waals surface area (Å²) in [4.78, 5) is 15.8. The zero-order valence-electron chi connectivity index (χ0n) is 17.1. The van der Waals surface area contributed by atoms with E-state index in [1.54, 1.807) is 6.20 Å². The van der Waals surface area contributed by atoms with Crippen molar-refractivity contribution in [1.82, 2.24) is 24.8 Å². The molecule has 0 aliphatic carbocycles. The molecule has 6 heteroatoms. The normalized spacial score (nSPS) is 20.7. The van der Waals surface area contributed by atoms with Gasteiger partial charge in [0.15, 0.2) is 5.96 Å². The van der Waals surface area contributed by atoms with Gasteiger partial charge in [-0.05, 0) is 43.2 Å². The summed E-state index contributed by atoms with van der Waals surface area (Å²) in [6.07, 6.45) is 10.7. The Kier molecular flexibility index (Phi) is 6.14. The van der Waals surface area contributed by atoms with Crippen molar-refractivity contribution in [3.63, 3.8) is 0 Å². The molecule has 0 aromatic carbocycles. The third-order valence-electron chi connectivity index (χ3n) is 5.48. The van der Waals surface area contributed by atoms with Crippen LogP contribution in [0.15, 0.2) is 35.7 Å². The van der Waals surface area contributed by atoms with Crippen LogP contribution in [0.1, 0.15) is 50.9 Å². The highest BCUT2D eigenvalue weighted by atomic mass is 15.3. The Labute approximate surface area is 162 Å². The summed E-state index contributed by atoms with van der Waals surface area (Å²) >= 11 is 0. The fourth-order valence-corrected chi connectivity index (χ4v) is 4.10. The van der Waals surface area contributed by atoms with Gasteiger partial charge in [-0.3, -0.25) is 9.56 Å². The molecule has 27 heavy (non-hydrogen) atoms. The van der Waals surface area contributed by atoms with Crippen LogP contribution >= 0.6 is 0 Å². The van der Waals surface area contributed by atoms with Crippen LogP contribution in [0.3, 0.4) is 0 Å². The zero-order chi connectivity index (χ0) is 19.3. The number of hydrogen-bond acceptors (Lipinski definition) is 3. The van der Waals surface area contributed by atoms with Crippen LogP contribution in [0.5, 0.6) is 0 Å². The van der Waals surface area contributed by atoms with E-state index >= 15 is 0 Å². The average molecular weight is 369 g/mol. The molecule has 6 nitrogen and oxygen atoms in total. The fourth-order valence-electron chi connectivity index (χ4n) is 4.10. The van der Waals surface area contributed by atoms with Crippen molar-refractivity contribution in [2.24, 2.45) is 10.4 Å². The maximum atomic E-state index is 4.58. The molecule has 1 aliphatic heterocycles. The summed E-state index contributed by atoms with van der Waals surface area (Å²) in [6, 6.07) is 4.15. The smallest absolute Gasteiger partial charge is 0.193 e. The summed E-state index contributed by atoms with van der Waals surface area (Å²) in [5.41, 5.74) is 1.54. The van der Waals surface area contributed by atoms with E-state index in [1.807, 2.05) is 37.0 Å². The van der Waals surface area contributed by atoms with Gasteiger partial charge in [0.05, 0.1) is 0 Å². The van der Waals surface area contributed by atoms with Gasteiger partial charge in [0.25, 0.3) is 0 Å². The van der Waals surface area contributed by atoms with Gasteiger partial charge in [0.2, 0.25) is 0 Å². The quantitative estimate of drug-likeness (QED) is 0.648. The Bertz CT molecular complexity index is 759. The standard InChI is InChI=1S/C21H32N6/c1-5-9-21(3)10-6-12-26(16-21)20(22-4)25-15-18-7-8-19(24-14-18)27-13-11-23-17(27)2/h7-8,11,13-14H,5-6,9-10,12,15-16H2,1-4H3,(H,22,25). The zero-order valence-corrected chi connectivity index (χ0v) is 17.1. The third-order valence-corrected chi connectivity index (χ3v) is 5.48. The molecule has 3 heterocycles. The van der Waals surface area contributed by atoms with E-state index in [9.17, 15) is 0 Å². The van der Waals surface area contributed by atoms with Crippen molar-refractivity contribution in [3.8, 4) is 5.82 Å². The highest BCUT2D eigenvalue weighted by Crippen LogP contribution is 2.33. The molecule has 3 rings (SSSR count). The van der Waals surface area contributed by atoms with Crippen LogP contribution in [-0.4, -0.2) is 45.5 Å². The van der Waals surface area contributed by atoms with Gasteiger partial charge >= 0.3 is 0 Å². The van der Waals surface area contributed by atoms with Crippen molar-refractivity contribution in [3.05, 3.63) is 42.1 Å². The minimum absolute atomic E-state index is 0.399. The molecule has 2 aromatic rings. The molecule has 0 saturated carbocycles. The predicted molar refractivity (Wildman–Crippen MR) is 110 cm³/mol. The lowest BCUT2D eigenvalue weighted by Gasteiger charge is -2.42. The third kappa shape index (κ3) is 4.67. The number of aryl methyl sites for hydroxylation is 1. The van der Waals surface area contributed by atoms with Crippen molar-refractivity contribution >= 4 is 5.96 Å². The molecule has 1 atom stereocenters. The molecule has 1 fully saturated rings. The van der Waals surface area contributed by atoms with Gasteiger partial charge in [-0.25, -0.2) is 9.97 Å². The largest absolute Gasteiger partial charge is 0.352 e. The number of hydrogen-bond donors (Lipinski definition) is 1. The first-order chi connectivity index (χ1) is 13.0. The second kappa shape index (κ2) is 8.55. The minimum Gasteiger partial charge on any atom is -0.352 e. The van der Waals surface area contributed by atoms with E-state index in [0.29, 0.717) is 5.41 Å². The Balaban J connectivity index is 1.60. The summed E-state index contributed by atoms with van der Waals surface area (Å²) in [5, 5.41) is 3.52. The van der Waals surface area contributed by atoms with Gasteiger partial charge < -0.3 is 10.2 Å². The van der Waals surface area contributed by atoms with E-state index in [-0.39, 0.29) is 0 Å². The molecule has 0 amide bonds. The lowest BCUT2D eigenvalue weighted by Crippen LogP contribution is -2.49. The van der Waals surface area contributed by atoms with Crippen molar-refractivity contribution in [2.75, 3.05) is 20.1 Å². The van der Waals surface area contributed by atoms with Gasteiger partial charge in [-0.1, -0.05) is 26.3 Å². The second-order valence-corrected chi connectivity index (χ2v) is 7.86. The average Bonchev–Trinajstić information content (AvgIpc) is 3.09. The second-order valence-electron chi connectivity index (χ2n) is 7.86. The van der Waals surface area contributed by atoms with Gasteiger partial charge in [-0.15, -0.1) is 0 Å². The molecule has 0 bridgehead atoms. The predicted octanol–water partition coefficient (Wildman–Crippen LogP) is 3.55. The van der Waals surface area contributed by atoms with Gasteiger partial charge in [0.1, 0.15) is 11.6 Å². The van der Waals surface area contributed by atoms with Crippen LogP contribution in [0.2, 0.25) is 0 Å². The molecule has 0 radical (unpaired) electrons. The Morgan fingerprint density at radius 2 is 2.19 bits per heavy atom. The van der Waals surface area contributed by atoms with Crippen LogP contribution in [0, 0.1) is 12.3 Å². The van der Waals surface area contributed by atoms with Crippen LogP contribution in [-0.2, 0) is 6.54 Å². The first-order valence-corrected chi connectivity index (χ1v) is 9.95. The molecular weight excluding hydrogens is 336 g/mol. The molecule has 146 valence electrons. The first-order valence-electron chi connectivity index (χ1n) is 9.95. The van der Waals surface area contributed by atoms with Crippen LogP contribution in [0.4, 0.5) is 0 Å². The van der Waals surface area contributed by atoms with E-state index < -0.39 is 0 Å². The molecule has 1 unspecified atom stereocenters. The Hall–Kier alpha value is -2.37. The van der Waals surface area contributed by atoms with Crippen molar-refractivity contribution in [2.45, 2.75) is 53.0 Å². The number of rotatable bonds is 5. The van der Waals surface area contributed by atoms with E-state index in [4.69, 9.17) is 0 Å². The van der Waals surface area contributed by atoms with Crippen molar-refractivity contribution in [1.29, 1.82) is 0 Å². The lowest BCUT2D eigenvalue weighted by molar-refractivity contribution is 0.142. The molecule has 1 aliphatic rings. The number of guanidine groups is 1. The number of piperidine rings is 1.